The molecular weight excluding hydrogens is 295 g/mol. The second kappa shape index (κ2) is 5.38. The van der Waals surface area contributed by atoms with Crippen LogP contribution in [0.2, 0.25) is 0 Å². The number of pyridine rings is 1. The molecule has 0 spiro atoms. The zero-order chi connectivity index (χ0) is 15.6. The van der Waals surface area contributed by atoms with Crippen LogP contribution in [0.25, 0.3) is 11.5 Å². The molecule has 0 aliphatic heterocycles. The Balaban J connectivity index is 2.41. The number of aromatic nitrogens is 3. The first-order valence-corrected chi connectivity index (χ1v) is 5.64. The Bertz CT molecular complexity index is 720. The van der Waals surface area contributed by atoms with E-state index < -0.39 is 35.1 Å². The Morgan fingerprint density at radius 2 is 2.14 bits per heavy atom. The maximum Gasteiger partial charge on any atom is 0.431 e. The predicted molar refractivity (Wildman–Crippen MR) is 61.3 cm³/mol. The van der Waals surface area contributed by atoms with Crippen molar-refractivity contribution in [3.8, 4) is 11.5 Å². The van der Waals surface area contributed by atoms with Crippen LogP contribution >= 0.6 is 0 Å². The third-order valence-electron chi connectivity index (χ3n) is 2.28. The van der Waals surface area contributed by atoms with Gasteiger partial charge in [0.05, 0.1) is 6.61 Å². The van der Waals surface area contributed by atoms with Gasteiger partial charge in [0.2, 0.25) is 5.56 Å². The van der Waals surface area contributed by atoms with E-state index in [0.29, 0.717) is 6.07 Å². The normalized spacial score (nSPS) is 11.4. The number of ether oxygens (including phenoxy) is 1. The fourth-order valence-electron chi connectivity index (χ4n) is 1.44. The first-order valence-electron chi connectivity index (χ1n) is 5.64. The molecule has 0 aliphatic carbocycles. The molecule has 0 unspecified atom stereocenters. The average molecular weight is 303 g/mol. The van der Waals surface area contributed by atoms with E-state index in [0.717, 1.165) is 6.07 Å². The van der Waals surface area contributed by atoms with Crippen molar-refractivity contribution in [3.63, 3.8) is 0 Å². The summed E-state index contributed by atoms with van der Waals surface area (Å²) in [6, 6.07) is 1.47. The van der Waals surface area contributed by atoms with Gasteiger partial charge in [-0.1, -0.05) is 0 Å². The molecule has 2 aromatic rings. The van der Waals surface area contributed by atoms with E-state index in [1.54, 1.807) is 11.9 Å². The van der Waals surface area contributed by atoms with Crippen molar-refractivity contribution in [2.75, 3.05) is 6.61 Å². The summed E-state index contributed by atoms with van der Waals surface area (Å²) >= 11 is 0. The SMILES string of the molecule is CCOC(=O)c1noc(-c2cc(C(F)(F)F)[nH]c(=O)c2)n1. The number of carbonyl (C=O) groups excluding carboxylic acids is 1. The monoisotopic (exact) mass is 303 g/mol. The van der Waals surface area contributed by atoms with Gasteiger partial charge in [0.15, 0.2) is 0 Å². The summed E-state index contributed by atoms with van der Waals surface area (Å²) in [6.07, 6.45) is -4.74. The Morgan fingerprint density at radius 1 is 1.43 bits per heavy atom. The number of halogens is 3. The number of aromatic amines is 1. The minimum atomic E-state index is -4.74. The maximum absolute atomic E-state index is 12.6. The standard InChI is InChI=1S/C11H8F3N3O4/c1-2-20-10(19)8-16-9(21-17-8)5-3-6(11(12,13)14)15-7(18)4-5/h3-4H,2H2,1H3,(H,15,18). The zero-order valence-corrected chi connectivity index (χ0v) is 10.5. The predicted octanol–water partition coefficient (Wildman–Crippen LogP) is 1.62. The smallest absolute Gasteiger partial charge is 0.431 e. The Kier molecular flexibility index (Phi) is 3.78. The number of carbonyl (C=O) groups is 1. The van der Waals surface area contributed by atoms with E-state index in [1.807, 2.05) is 0 Å². The van der Waals surface area contributed by atoms with Gasteiger partial charge in [-0.2, -0.15) is 18.2 Å². The van der Waals surface area contributed by atoms with E-state index in [-0.39, 0.29) is 12.2 Å². The van der Waals surface area contributed by atoms with Gasteiger partial charge < -0.3 is 14.2 Å². The maximum atomic E-state index is 12.6. The van der Waals surface area contributed by atoms with E-state index in [4.69, 9.17) is 0 Å². The van der Waals surface area contributed by atoms with Crippen LogP contribution in [0.3, 0.4) is 0 Å². The summed E-state index contributed by atoms with van der Waals surface area (Å²) in [4.78, 5) is 27.8. The molecule has 1 N–H and O–H groups in total. The lowest BCUT2D eigenvalue weighted by Gasteiger charge is -2.06. The third kappa shape index (κ3) is 3.27. The Labute approximate surface area is 114 Å². The van der Waals surface area contributed by atoms with Crippen molar-refractivity contribution < 1.29 is 27.2 Å². The van der Waals surface area contributed by atoms with Crippen molar-refractivity contribution in [1.29, 1.82) is 0 Å². The summed E-state index contributed by atoms with van der Waals surface area (Å²) in [5.74, 6) is -1.72. The third-order valence-corrected chi connectivity index (χ3v) is 2.28. The number of nitrogens with one attached hydrogen (secondary N) is 1. The molecule has 0 aromatic carbocycles. The fourth-order valence-corrected chi connectivity index (χ4v) is 1.44. The molecule has 2 rings (SSSR count). The lowest BCUT2D eigenvalue weighted by Crippen LogP contribution is -2.16. The van der Waals surface area contributed by atoms with Gasteiger partial charge in [-0.15, -0.1) is 0 Å². The van der Waals surface area contributed by atoms with Crippen molar-refractivity contribution >= 4 is 5.97 Å². The number of H-pyrrole nitrogens is 1. The summed E-state index contributed by atoms with van der Waals surface area (Å²) in [5.41, 5.74) is -2.51. The van der Waals surface area contributed by atoms with Crippen LogP contribution in [0.5, 0.6) is 0 Å². The van der Waals surface area contributed by atoms with Crippen LogP contribution < -0.4 is 5.56 Å². The molecular formula is C11H8F3N3O4. The highest BCUT2D eigenvalue weighted by atomic mass is 19.4. The molecule has 21 heavy (non-hydrogen) atoms. The lowest BCUT2D eigenvalue weighted by atomic mass is 10.2. The number of hydrogen-bond acceptors (Lipinski definition) is 6. The molecule has 0 fully saturated rings. The molecule has 0 bridgehead atoms. The number of alkyl halides is 3. The van der Waals surface area contributed by atoms with Crippen LogP contribution in [0, 0.1) is 0 Å². The van der Waals surface area contributed by atoms with Gasteiger partial charge in [0.1, 0.15) is 5.69 Å². The van der Waals surface area contributed by atoms with Crippen LogP contribution in [0.4, 0.5) is 13.2 Å². The molecule has 0 aliphatic rings. The van der Waals surface area contributed by atoms with E-state index in [2.05, 4.69) is 19.4 Å². The fraction of sp³-hybridized carbons (Fsp3) is 0.273. The topological polar surface area (TPSA) is 98.1 Å². The highest BCUT2D eigenvalue weighted by molar-refractivity contribution is 5.85. The van der Waals surface area contributed by atoms with Crippen molar-refractivity contribution in [1.82, 2.24) is 15.1 Å². The van der Waals surface area contributed by atoms with Gasteiger partial charge in [0.25, 0.3) is 11.7 Å². The lowest BCUT2D eigenvalue weighted by molar-refractivity contribution is -0.141. The van der Waals surface area contributed by atoms with Crippen molar-refractivity contribution in [2.45, 2.75) is 13.1 Å². The quantitative estimate of drug-likeness (QED) is 0.865. The first-order chi connectivity index (χ1) is 9.81. The van der Waals surface area contributed by atoms with Crippen molar-refractivity contribution in [2.24, 2.45) is 0 Å². The van der Waals surface area contributed by atoms with Crippen LogP contribution in [0.1, 0.15) is 23.2 Å². The van der Waals surface area contributed by atoms with Crippen LogP contribution in [-0.2, 0) is 10.9 Å². The summed E-state index contributed by atoms with van der Waals surface area (Å²) in [5, 5.41) is 3.28. The first kappa shape index (κ1) is 14.8. The molecule has 0 saturated heterocycles. The highest BCUT2D eigenvalue weighted by Crippen LogP contribution is 2.29. The van der Waals surface area contributed by atoms with E-state index in [9.17, 15) is 22.8 Å². The highest BCUT2D eigenvalue weighted by Gasteiger charge is 2.32. The Morgan fingerprint density at radius 3 is 2.76 bits per heavy atom. The second-order valence-electron chi connectivity index (χ2n) is 3.79. The number of nitrogens with zero attached hydrogens (tertiary/aromatic N) is 2. The van der Waals surface area contributed by atoms with Crippen LogP contribution in [-0.4, -0.2) is 27.7 Å². The minimum Gasteiger partial charge on any atom is -0.460 e. The van der Waals surface area contributed by atoms with Gasteiger partial charge in [-0.25, -0.2) is 4.79 Å². The summed E-state index contributed by atoms with van der Waals surface area (Å²) in [7, 11) is 0. The molecule has 0 atom stereocenters. The van der Waals surface area contributed by atoms with Gasteiger partial charge >= 0.3 is 12.1 Å². The largest absolute Gasteiger partial charge is 0.460 e. The molecule has 0 saturated carbocycles. The van der Waals surface area contributed by atoms with Gasteiger partial charge in [-0.3, -0.25) is 4.79 Å². The number of rotatable bonds is 3. The van der Waals surface area contributed by atoms with Gasteiger partial charge in [-0.05, 0) is 18.1 Å². The Hall–Kier alpha value is -2.65. The number of hydrogen-bond donors (Lipinski definition) is 1. The minimum absolute atomic E-state index is 0.0753. The zero-order valence-electron chi connectivity index (χ0n) is 10.5. The van der Waals surface area contributed by atoms with E-state index >= 15 is 0 Å². The summed E-state index contributed by atoms with van der Waals surface area (Å²) < 4.78 is 47.0. The molecule has 10 heteroatoms. The molecule has 7 nitrogen and oxygen atoms in total. The molecule has 2 heterocycles. The second-order valence-corrected chi connectivity index (χ2v) is 3.79. The van der Waals surface area contributed by atoms with Crippen LogP contribution in [0.15, 0.2) is 21.5 Å². The molecule has 112 valence electrons. The molecule has 0 amide bonds. The van der Waals surface area contributed by atoms with Gasteiger partial charge in [0, 0.05) is 11.6 Å². The number of esters is 1. The van der Waals surface area contributed by atoms with Crippen molar-refractivity contribution in [3.05, 3.63) is 34.0 Å². The molecule has 2 aromatic heterocycles. The van der Waals surface area contributed by atoms with E-state index in [1.165, 1.54) is 0 Å². The molecule has 0 radical (unpaired) electrons. The summed E-state index contributed by atoms with van der Waals surface area (Å²) in [6.45, 7) is 1.64. The average Bonchev–Trinajstić information content (AvgIpc) is 2.87.